The lowest BCUT2D eigenvalue weighted by molar-refractivity contribution is -0.116. The summed E-state index contributed by atoms with van der Waals surface area (Å²) in [7, 11) is 0. The fourth-order valence-electron chi connectivity index (χ4n) is 5.78. The second-order valence-corrected chi connectivity index (χ2v) is 12.7. The van der Waals surface area contributed by atoms with Gasteiger partial charge in [0.15, 0.2) is 0 Å². The van der Waals surface area contributed by atoms with Gasteiger partial charge in [0.25, 0.3) is 0 Å². The molecule has 1 fully saturated rings. The summed E-state index contributed by atoms with van der Waals surface area (Å²) in [5.74, 6) is 1.67. The number of hydrogen-bond donors (Lipinski definition) is 2. The van der Waals surface area contributed by atoms with Gasteiger partial charge in [0.2, 0.25) is 5.91 Å². The maximum absolute atomic E-state index is 12.3. The Bertz CT molecular complexity index is 1580. The molecule has 0 aliphatic carbocycles. The number of fused-ring (bicyclic) bond motifs is 1. The molecule has 6 rings (SSSR count). The number of para-hydroxylation sites is 1. The summed E-state index contributed by atoms with van der Waals surface area (Å²) >= 11 is 0. The van der Waals surface area contributed by atoms with Gasteiger partial charge in [-0.15, -0.1) is 0 Å². The van der Waals surface area contributed by atoms with Crippen LogP contribution in [-0.2, 0) is 10.2 Å². The Hall–Kier alpha value is -4.37. The first kappa shape index (κ1) is 29.7. The van der Waals surface area contributed by atoms with Crippen LogP contribution in [0.3, 0.4) is 0 Å². The third-order valence-corrected chi connectivity index (χ3v) is 8.37. The fourth-order valence-corrected chi connectivity index (χ4v) is 5.78. The monoisotopic (exact) mass is 593 g/mol. The normalized spacial score (nSPS) is 16.0. The number of hydrogen-bond acceptors (Lipinski definition) is 7. The van der Waals surface area contributed by atoms with Gasteiger partial charge in [-0.1, -0.05) is 51.1 Å². The average Bonchev–Trinajstić information content (AvgIpc) is 3.47. The zero-order chi connectivity index (χ0) is 30.5. The summed E-state index contributed by atoms with van der Waals surface area (Å²) in [6, 6.07) is 22.7. The number of carbonyl (C=O) groups is 1. The lowest BCUT2D eigenvalue weighted by Crippen LogP contribution is -2.47. The van der Waals surface area contributed by atoms with E-state index in [-0.39, 0.29) is 11.3 Å². The van der Waals surface area contributed by atoms with Gasteiger partial charge in [0, 0.05) is 57.1 Å². The molecule has 230 valence electrons. The van der Waals surface area contributed by atoms with Crippen molar-refractivity contribution in [3.05, 3.63) is 72.3 Å². The van der Waals surface area contributed by atoms with Crippen LogP contribution < -0.4 is 15.0 Å². The van der Waals surface area contributed by atoms with Crippen LogP contribution in [0.4, 0.5) is 11.4 Å². The van der Waals surface area contributed by atoms with Crippen molar-refractivity contribution in [2.45, 2.75) is 32.6 Å². The van der Waals surface area contributed by atoms with E-state index in [0.29, 0.717) is 13.2 Å². The molecule has 2 aliphatic heterocycles. The zero-order valence-corrected chi connectivity index (χ0v) is 26.1. The van der Waals surface area contributed by atoms with Crippen molar-refractivity contribution in [3.8, 4) is 17.1 Å². The summed E-state index contributed by atoms with van der Waals surface area (Å²) < 4.78 is 6.02. The number of nitrogens with zero attached hydrogens (tertiary/aromatic N) is 5. The Kier molecular flexibility index (Phi) is 8.84. The van der Waals surface area contributed by atoms with Crippen molar-refractivity contribution in [2.75, 3.05) is 69.2 Å². The van der Waals surface area contributed by atoms with Crippen molar-refractivity contribution in [3.63, 3.8) is 0 Å². The molecule has 0 radical (unpaired) electrons. The number of benzene rings is 3. The number of nitrogens with one attached hydrogen (secondary N) is 2. The van der Waals surface area contributed by atoms with Crippen molar-refractivity contribution < 1.29 is 9.53 Å². The summed E-state index contributed by atoms with van der Waals surface area (Å²) in [4.78, 5) is 32.0. The zero-order valence-electron chi connectivity index (χ0n) is 26.1. The lowest BCUT2D eigenvalue weighted by atomic mass is 9.87. The Balaban J connectivity index is 0.975. The highest BCUT2D eigenvalue weighted by atomic mass is 16.5. The third-order valence-electron chi connectivity index (χ3n) is 8.37. The Morgan fingerprint density at radius 2 is 1.73 bits per heavy atom. The minimum atomic E-state index is -0.0407. The second-order valence-electron chi connectivity index (χ2n) is 12.7. The molecule has 1 amide bonds. The minimum absolute atomic E-state index is 0.0407. The molecule has 0 saturated carbocycles. The molecule has 4 aromatic rings. The highest BCUT2D eigenvalue weighted by Gasteiger charge is 2.21. The number of carbonyl (C=O) groups excluding carboxylic acids is 1. The van der Waals surface area contributed by atoms with Crippen LogP contribution in [0.5, 0.6) is 5.75 Å². The Labute approximate surface area is 259 Å². The van der Waals surface area contributed by atoms with E-state index in [4.69, 9.17) is 9.72 Å². The first-order valence-electron chi connectivity index (χ1n) is 15.7. The van der Waals surface area contributed by atoms with Gasteiger partial charge in [-0.3, -0.25) is 14.7 Å². The number of aromatic nitrogens is 2. The first-order chi connectivity index (χ1) is 21.3. The molecule has 2 aliphatic rings. The van der Waals surface area contributed by atoms with Crippen LogP contribution >= 0.6 is 0 Å². The van der Waals surface area contributed by atoms with Crippen molar-refractivity contribution >= 4 is 34.7 Å². The number of rotatable bonds is 9. The van der Waals surface area contributed by atoms with Crippen LogP contribution in [0.25, 0.3) is 22.4 Å². The summed E-state index contributed by atoms with van der Waals surface area (Å²) in [5.41, 5.74) is 6.60. The number of anilines is 2. The molecule has 0 spiro atoms. The maximum atomic E-state index is 12.3. The van der Waals surface area contributed by atoms with Gasteiger partial charge in [-0.05, 0) is 53.8 Å². The molecule has 44 heavy (non-hydrogen) atoms. The smallest absolute Gasteiger partial charge is 0.243 e. The van der Waals surface area contributed by atoms with E-state index >= 15 is 0 Å². The van der Waals surface area contributed by atoms with Crippen LogP contribution in [0, 0.1) is 0 Å². The third kappa shape index (κ3) is 7.22. The molecule has 1 aromatic heterocycles. The van der Waals surface area contributed by atoms with E-state index in [1.807, 2.05) is 29.2 Å². The predicted molar refractivity (Wildman–Crippen MR) is 179 cm³/mol. The van der Waals surface area contributed by atoms with Crippen molar-refractivity contribution in [2.24, 2.45) is 4.99 Å². The van der Waals surface area contributed by atoms with Gasteiger partial charge >= 0.3 is 0 Å². The Morgan fingerprint density at radius 3 is 2.43 bits per heavy atom. The largest absolute Gasteiger partial charge is 0.492 e. The summed E-state index contributed by atoms with van der Waals surface area (Å²) in [6.45, 7) is 14.0. The first-order valence-corrected chi connectivity index (χ1v) is 15.7. The summed E-state index contributed by atoms with van der Waals surface area (Å²) in [6.07, 6.45) is 2.75. The molecule has 3 aromatic carbocycles. The molecule has 9 heteroatoms. The molecule has 2 N–H and O–H groups in total. The van der Waals surface area contributed by atoms with E-state index in [1.165, 1.54) is 11.3 Å². The topological polar surface area (TPSA) is 89.1 Å². The average molecular weight is 594 g/mol. The number of piperazine rings is 1. The lowest BCUT2D eigenvalue weighted by Gasteiger charge is -2.36. The number of ether oxygens (including phenoxy) is 1. The fraction of sp³-hybridized carbons (Fsp3) is 0.400. The van der Waals surface area contributed by atoms with E-state index in [2.05, 4.69) is 88.3 Å². The number of imidazole rings is 1. The van der Waals surface area contributed by atoms with Crippen LogP contribution in [0.2, 0.25) is 0 Å². The molecule has 0 unspecified atom stereocenters. The molecule has 0 bridgehead atoms. The van der Waals surface area contributed by atoms with Gasteiger partial charge in [0.1, 0.15) is 23.7 Å². The SMILES string of the molecule is CC(C)(C)c1ccc(-c2nc3c(N4CCN(CCOc5ccc(NC(=O)CN6C=NCCC6)cc5)CC4)cccc3[nH]2)cc1. The molecular formula is C35H43N7O2. The quantitative estimate of drug-likeness (QED) is 0.270. The van der Waals surface area contributed by atoms with E-state index in [9.17, 15) is 4.79 Å². The standard InChI is InChI=1S/C35H43N7O2/c1-35(2,3)27-10-8-26(9-11-27)34-38-30-6-4-7-31(33(30)39-34)42-20-18-40(19-21-42)22-23-44-29-14-12-28(13-15-29)37-32(43)24-41-17-5-16-36-25-41/h4,6-15,25H,5,16-24H2,1-3H3,(H,37,43)(H,38,39). The highest BCUT2D eigenvalue weighted by molar-refractivity contribution is 5.93. The molecule has 3 heterocycles. The van der Waals surface area contributed by atoms with Gasteiger partial charge in [-0.25, -0.2) is 4.98 Å². The molecule has 9 nitrogen and oxygen atoms in total. The Morgan fingerprint density at radius 1 is 0.955 bits per heavy atom. The van der Waals surface area contributed by atoms with Crippen molar-refractivity contribution in [1.82, 2.24) is 19.8 Å². The molecular weight excluding hydrogens is 550 g/mol. The number of amides is 1. The summed E-state index contributed by atoms with van der Waals surface area (Å²) in [5, 5.41) is 2.95. The van der Waals surface area contributed by atoms with Crippen LogP contribution in [-0.4, -0.2) is 91.0 Å². The van der Waals surface area contributed by atoms with Gasteiger partial charge in [-0.2, -0.15) is 0 Å². The van der Waals surface area contributed by atoms with E-state index in [1.54, 1.807) is 6.34 Å². The van der Waals surface area contributed by atoms with E-state index < -0.39 is 0 Å². The molecule has 0 atom stereocenters. The maximum Gasteiger partial charge on any atom is 0.243 e. The number of H-pyrrole nitrogens is 1. The number of aromatic amines is 1. The number of aliphatic imine (C=N–C) groups is 1. The van der Waals surface area contributed by atoms with E-state index in [0.717, 1.165) is 86.1 Å². The van der Waals surface area contributed by atoms with Crippen molar-refractivity contribution in [1.29, 1.82) is 0 Å². The predicted octanol–water partition coefficient (Wildman–Crippen LogP) is 5.40. The van der Waals surface area contributed by atoms with Gasteiger partial charge in [0.05, 0.1) is 24.1 Å². The highest BCUT2D eigenvalue weighted by Crippen LogP contribution is 2.30. The minimum Gasteiger partial charge on any atom is -0.492 e. The molecule has 1 saturated heterocycles. The van der Waals surface area contributed by atoms with Gasteiger partial charge < -0.3 is 24.8 Å². The second kappa shape index (κ2) is 13.1. The van der Waals surface area contributed by atoms with Crippen LogP contribution in [0.15, 0.2) is 71.7 Å². The van der Waals surface area contributed by atoms with Crippen LogP contribution in [0.1, 0.15) is 32.8 Å².